The highest BCUT2D eigenvalue weighted by Crippen LogP contribution is 2.23. The van der Waals surface area contributed by atoms with Crippen LogP contribution < -0.4 is 5.73 Å². The molecule has 2 heteroatoms. The summed E-state index contributed by atoms with van der Waals surface area (Å²) in [6.07, 6.45) is 2.11. The number of hydrogen-bond acceptors (Lipinski definition) is 1. The number of nitrogens with two attached hydrogens (primary N) is 1. The minimum Gasteiger partial charge on any atom is -0.398 e. The maximum absolute atomic E-state index is 5.90. The Morgan fingerprint density at radius 3 is 2.67 bits per heavy atom. The van der Waals surface area contributed by atoms with Crippen LogP contribution in [0.25, 0.3) is 0 Å². The van der Waals surface area contributed by atoms with Gasteiger partial charge in [-0.3, -0.25) is 0 Å². The van der Waals surface area contributed by atoms with Gasteiger partial charge in [-0.15, -0.1) is 0 Å². The lowest BCUT2D eigenvalue weighted by atomic mass is 10.0. The van der Waals surface area contributed by atoms with Crippen molar-refractivity contribution in [3.05, 3.63) is 28.3 Å². The molecule has 0 saturated heterocycles. The van der Waals surface area contributed by atoms with Crippen molar-refractivity contribution in [1.82, 2.24) is 0 Å². The van der Waals surface area contributed by atoms with E-state index in [1.54, 1.807) is 0 Å². The summed E-state index contributed by atoms with van der Waals surface area (Å²) >= 11 is 5.90. The third-order valence-corrected chi connectivity index (χ3v) is 2.17. The molecule has 1 aromatic carbocycles. The summed E-state index contributed by atoms with van der Waals surface area (Å²) in [5.74, 6) is 0. The molecule has 0 radical (unpaired) electrons. The standard InChI is InChI=1S/C10H14ClN/c1-3-4-8-6-9(11)5-7(2)10(8)12/h5-6H,3-4,12H2,1-2H3. The van der Waals surface area contributed by atoms with Crippen LogP contribution in [0.1, 0.15) is 24.5 Å². The first kappa shape index (κ1) is 9.40. The Labute approximate surface area is 78.5 Å². The van der Waals surface area contributed by atoms with Crippen LogP contribution in [0.5, 0.6) is 0 Å². The minimum absolute atomic E-state index is 0.783. The molecule has 0 atom stereocenters. The predicted octanol–water partition coefficient (Wildman–Crippen LogP) is 3.18. The van der Waals surface area contributed by atoms with Crippen molar-refractivity contribution in [2.75, 3.05) is 5.73 Å². The van der Waals surface area contributed by atoms with E-state index in [9.17, 15) is 0 Å². The van der Waals surface area contributed by atoms with Gasteiger partial charge in [0.1, 0.15) is 0 Å². The van der Waals surface area contributed by atoms with Gasteiger partial charge in [0.2, 0.25) is 0 Å². The van der Waals surface area contributed by atoms with Gasteiger partial charge in [-0.2, -0.15) is 0 Å². The van der Waals surface area contributed by atoms with E-state index in [2.05, 4.69) is 6.92 Å². The Morgan fingerprint density at radius 1 is 1.42 bits per heavy atom. The van der Waals surface area contributed by atoms with E-state index in [1.807, 2.05) is 19.1 Å². The van der Waals surface area contributed by atoms with Crippen molar-refractivity contribution in [2.45, 2.75) is 26.7 Å². The Bertz CT molecular complexity index is 281. The van der Waals surface area contributed by atoms with Gasteiger partial charge in [0.05, 0.1) is 0 Å². The fourth-order valence-corrected chi connectivity index (χ4v) is 1.60. The quantitative estimate of drug-likeness (QED) is 0.701. The zero-order valence-corrected chi connectivity index (χ0v) is 8.28. The molecule has 12 heavy (non-hydrogen) atoms. The third-order valence-electron chi connectivity index (χ3n) is 1.96. The second-order valence-corrected chi connectivity index (χ2v) is 3.48. The first-order valence-electron chi connectivity index (χ1n) is 4.19. The van der Waals surface area contributed by atoms with E-state index in [-0.39, 0.29) is 0 Å². The number of anilines is 1. The van der Waals surface area contributed by atoms with Crippen molar-refractivity contribution in [2.24, 2.45) is 0 Å². The number of hydrogen-bond donors (Lipinski definition) is 1. The van der Waals surface area contributed by atoms with Crippen LogP contribution in [0.3, 0.4) is 0 Å². The molecule has 0 aliphatic rings. The molecule has 0 aliphatic carbocycles. The molecule has 0 amide bonds. The van der Waals surface area contributed by atoms with Crippen molar-refractivity contribution < 1.29 is 0 Å². The molecule has 0 saturated carbocycles. The van der Waals surface area contributed by atoms with Gasteiger partial charge in [0.15, 0.2) is 0 Å². The van der Waals surface area contributed by atoms with Gasteiger partial charge in [-0.05, 0) is 36.6 Å². The highest BCUT2D eigenvalue weighted by atomic mass is 35.5. The highest BCUT2D eigenvalue weighted by Gasteiger charge is 2.02. The molecular formula is C10H14ClN. The molecule has 66 valence electrons. The molecule has 2 N–H and O–H groups in total. The van der Waals surface area contributed by atoms with E-state index in [4.69, 9.17) is 17.3 Å². The van der Waals surface area contributed by atoms with E-state index in [0.29, 0.717) is 0 Å². The largest absolute Gasteiger partial charge is 0.398 e. The Kier molecular flexibility index (Phi) is 2.99. The Hall–Kier alpha value is -0.690. The average Bonchev–Trinajstić information content (AvgIpc) is 2.00. The summed E-state index contributed by atoms with van der Waals surface area (Å²) in [5.41, 5.74) is 9.01. The van der Waals surface area contributed by atoms with Crippen LogP contribution in [-0.2, 0) is 6.42 Å². The van der Waals surface area contributed by atoms with Crippen LogP contribution >= 0.6 is 11.6 Å². The molecule has 0 unspecified atom stereocenters. The minimum atomic E-state index is 0.783. The van der Waals surface area contributed by atoms with Crippen molar-refractivity contribution in [1.29, 1.82) is 0 Å². The summed E-state index contributed by atoms with van der Waals surface area (Å²) in [6.45, 7) is 4.12. The lowest BCUT2D eigenvalue weighted by molar-refractivity contribution is 0.923. The topological polar surface area (TPSA) is 26.0 Å². The summed E-state index contributed by atoms with van der Waals surface area (Å²) in [4.78, 5) is 0. The normalized spacial score (nSPS) is 10.2. The molecule has 0 spiro atoms. The molecule has 0 aliphatic heterocycles. The zero-order chi connectivity index (χ0) is 9.14. The van der Waals surface area contributed by atoms with Crippen molar-refractivity contribution in [3.8, 4) is 0 Å². The fraction of sp³-hybridized carbons (Fsp3) is 0.400. The van der Waals surface area contributed by atoms with Gasteiger partial charge < -0.3 is 5.73 Å². The molecule has 1 rings (SSSR count). The molecule has 1 nitrogen and oxygen atoms in total. The summed E-state index contributed by atoms with van der Waals surface area (Å²) in [7, 11) is 0. The number of nitrogen functional groups attached to an aromatic ring is 1. The van der Waals surface area contributed by atoms with E-state index in [1.165, 1.54) is 5.56 Å². The smallest absolute Gasteiger partial charge is 0.0412 e. The molecule has 0 fully saturated rings. The monoisotopic (exact) mass is 183 g/mol. The third kappa shape index (κ3) is 1.92. The summed E-state index contributed by atoms with van der Waals surface area (Å²) < 4.78 is 0. The molecular weight excluding hydrogens is 170 g/mol. The van der Waals surface area contributed by atoms with Crippen molar-refractivity contribution in [3.63, 3.8) is 0 Å². The number of rotatable bonds is 2. The summed E-state index contributed by atoms with van der Waals surface area (Å²) in [5, 5.41) is 0.783. The second-order valence-electron chi connectivity index (χ2n) is 3.05. The number of halogens is 1. The zero-order valence-electron chi connectivity index (χ0n) is 7.52. The average molecular weight is 184 g/mol. The van der Waals surface area contributed by atoms with E-state index in [0.717, 1.165) is 29.1 Å². The lowest BCUT2D eigenvalue weighted by Crippen LogP contribution is -1.96. The van der Waals surface area contributed by atoms with Crippen LogP contribution in [-0.4, -0.2) is 0 Å². The van der Waals surface area contributed by atoms with Gasteiger partial charge in [-0.25, -0.2) is 0 Å². The van der Waals surface area contributed by atoms with Crippen LogP contribution in [0.4, 0.5) is 5.69 Å². The van der Waals surface area contributed by atoms with E-state index >= 15 is 0 Å². The predicted molar refractivity (Wildman–Crippen MR) is 54.6 cm³/mol. The first-order chi connectivity index (χ1) is 5.65. The lowest BCUT2D eigenvalue weighted by Gasteiger charge is -2.07. The Morgan fingerprint density at radius 2 is 2.08 bits per heavy atom. The van der Waals surface area contributed by atoms with Crippen LogP contribution in [0.2, 0.25) is 5.02 Å². The maximum Gasteiger partial charge on any atom is 0.0412 e. The molecule has 1 aromatic rings. The van der Waals surface area contributed by atoms with Crippen LogP contribution in [0, 0.1) is 6.92 Å². The molecule has 0 aromatic heterocycles. The molecule has 0 bridgehead atoms. The second kappa shape index (κ2) is 3.81. The maximum atomic E-state index is 5.90. The van der Waals surface area contributed by atoms with E-state index < -0.39 is 0 Å². The number of aryl methyl sites for hydroxylation is 2. The van der Waals surface area contributed by atoms with Gasteiger partial charge in [0.25, 0.3) is 0 Å². The SMILES string of the molecule is CCCc1cc(Cl)cc(C)c1N. The fourth-order valence-electron chi connectivity index (χ4n) is 1.30. The van der Waals surface area contributed by atoms with Crippen LogP contribution in [0.15, 0.2) is 12.1 Å². The Balaban J connectivity index is 3.09. The van der Waals surface area contributed by atoms with Gasteiger partial charge in [-0.1, -0.05) is 24.9 Å². The summed E-state index contributed by atoms with van der Waals surface area (Å²) in [6, 6.07) is 3.85. The highest BCUT2D eigenvalue weighted by molar-refractivity contribution is 6.30. The first-order valence-corrected chi connectivity index (χ1v) is 4.57. The van der Waals surface area contributed by atoms with Gasteiger partial charge in [0, 0.05) is 10.7 Å². The molecule has 0 heterocycles. The van der Waals surface area contributed by atoms with Crippen molar-refractivity contribution >= 4 is 17.3 Å². The number of benzene rings is 1. The van der Waals surface area contributed by atoms with Gasteiger partial charge >= 0.3 is 0 Å².